The number of ether oxygens (including phenoxy) is 6. The third kappa shape index (κ3) is 10.1. The van der Waals surface area contributed by atoms with Gasteiger partial charge in [0.15, 0.2) is 23.0 Å². The zero-order valence-electron chi connectivity index (χ0n) is 33.1. The largest absolute Gasteiger partial charge is 0.493 e. The van der Waals surface area contributed by atoms with Crippen molar-refractivity contribution >= 4 is 0 Å². The Bertz CT molecular complexity index is 1410. The highest BCUT2D eigenvalue weighted by Crippen LogP contribution is 2.45. The molecule has 3 saturated heterocycles. The van der Waals surface area contributed by atoms with E-state index >= 15 is 0 Å². The molecule has 2 N–H and O–H groups in total. The molecule has 10 nitrogen and oxygen atoms in total. The van der Waals surface area contributed by atoms with Crippen LogP contribution in [0.15, 0.2) is 24.3 Å². The number of piperidine rings is 2. The molecular weight excluding hydrogens is 660 g/mol. The molecule has 0 amide bonds. The van der Waals surface area contributed by atoms with Crippen molar-refractivity contribution in [2.75, 3.05) is 81.0 Å². The molecule has 6 atom stereocenters. The second kappa shape index (κ2) is 19.1. The second-order valence-electron chi connectivity index (χ2n) is 15.9. The van der Waals surface area contributed by atoms with Gasteiger partial charge in [0.1, 0.15) is 0 Å². The summed E-state index contributed by atoms with van der Waals surface area (Å²) >= 11 is 0. The molecule has 292 valence electrons. The van der Waals surface area contributed by atoms with Gasteiger partial charge in [0, 0.05) is 38.3 Å². The molecule has 5 aliphatic heterocycles. The maximum Gasteiger partial charge on any atom is 0.161 e. The van der Waals surface area contributed by atoms with E-state index in [2.05, 4.69) is 66.5 Å². The van der Waals surface area contributed by atoms with Crippen LogP contribution in [0.4, 0.5) is 0 Å². The Morgan fingerprint density at radius 3 is 1.58 bits per heavy atom. The molecule has 0 bridgehead atoms. The van der Waals surface area contributed by atoms with Crippen LogP contribution in [0.25, 0.3) is 0 Å². The lowest BCUT2D eigenvalue weighted by Gasteiger charge is -2.47. The summed E-state index contributed by atoms with van der Waals surface area (Å²) in [5.41, 5.74) is 5.33. The summed E-state index contributed by atoms with van der Waals surface area (Å²) in [4.78, 5) is 5.16. The summed E-state index contributed by atoms with van der Waals surface area (Å²) in [5, 5.41) is 19.8. The monoisotopic (exact) mass is 726 g/mol. The van der Waals surface area contributed by atoms with Crippen molar-refractivity contribution in [3.05, 3.63) is 46.5 Å². The second-order valence-corrected chi connectivity index (χ2v) is 15.9. The molecule has 0 saturated carbocycles. The zero-order chi connectivity index (χ0) is 37.4. The highest BCUT2D eigenvalue weighted by molar-refractivity contribution is 5.50. The number of fused-ring (bicyclic) bond motifs is 6. The Morgan fingerprint density at radius 1 is 0.692 bits per heavy atom. The van der Waals surface area contributed by atoms with E-state index in [-0.39, 0.29) is 18.8 Å². The number of aliphatic hydroxyl groups is 2. The lowest BCUT2D eigenvalue weighted by Crippen LogP contribution is -2.49. The lowest BCUT2D eigenvalue weighted by molar-refractivity contribution is -0.0713. The van der Waals surface area contributed by atoms with Crippen molar-refractivity contribution in [1.82, 2.24) is 9.80 Å². The molecule has 0 spiro atoms. The van der Waals surface area contributed by atoms with Crippen molar-refractivity contribution in [2.24, 2.45) is 23.7 Å². The number of epoxide rings is 1. The molecule has 10 heteroatoms. The van der Waals surface area contributed by atoms with Gasteiger partial charge in [0.05, 0.1) is 67.1 Å². The third-order valence-electron chi connectivity index (χ3n) is 11.3. The summed E-state index contributed by atoms with van der Waals surface area (Å²) in [5.74, 6) is 5.39. The summed E-state index contributed by atoms with van der Waals surface area (Å²) in [6.45, 7) is 15.7. The Labute approximate surface area is 312 Å². The molecule has 5 heterocycles. The van der Waals surface area contributed by atoms with E-state index in [1.165, 1.54) is 22.3 Å². The average Bonchev–Trinajstić information content (AvgIpc) is 4.03. The van der Waals surface area contributed by atoms with Crippen LogP contribution in [0.5, 0.6) is 23.0 Å². The molecule has 3 fully saturated rings. The summed E-state index contributed by atoms with van der Waals surface area (Å²) < 4.78 is 32.5. The molecule has 7 rings (SSSR count). The van der Waals surface area contributed by atoms with Gasteiger partial charge in [-0.15, -0.1) is 0 Å². The van der Waals surface area contributed by atoms with Crippen LogP contribution in [-0.4, -0.2) is 113 Å². The standard InChI is InChI=1S/C21H33NO4.C19H29NO3.C2H4O/c1-14(2)9-16-13-22-6-5-15-10-20(24-3)21(25-4)11-17(15)18(22)12-19(16)26-8-7-23;1-12(2)7-14-11-20-6-5-13-8-18(22-3)19(23-4)9-15(13)16(20)10-17(14)21;1-2-3-1/h10-11,14,16,18-19,23H,5-9,12-13H2,1-4H3;8-9,12,14,16-17,21H,5-7,10-11H2,1-4H3;1-2H2/t16-,18-,19-;14-,16-,17-;/m11./s1. The fourth-order valence-electron chi connectivity index (χ4n) is 8.90. The molecule has 5 aliphatic rings. The van der Waals surface area contributed by atoms with Crippen molar-refractivity contribution in [3.63, 3.8) is 0 Å². The molecule has 0 aliphatic carbocycles. The van der Waals surface area contributed by atoms with Gasteiger partial charge in [-0.25, -0.2) is 0 Å². The number of rotatable bonds is 11. The number of aliphatic hydroxyl groups excluding tert-OH is 2. The summed E-state index contributed by atoms with van der Waals surface area (Å²) in [6.07, 6.45) is 6.13. The van der Waals surface area contributed by atoms with Gasteiger partial charge in [-0.1, -0.05) is 27.7 Å². The fourth-order valence-corrected chi connectivity index (χ4v) is 8.90. The van der Waals surface area contributed by atoms with Crippen molar-refractivity contribution in [2.45, 2.75) is 90.5 Å². The van der Waals surface area contributed by atoms with Crippen LogP contribution < -0.4 is 18.9 Å². The van der Waals surface area contributed by atoms with Gasteiger partial charge >= 0.3 is 0 Å². The first-order chi connectivity index (χ1) is 25.1. The van der Waals surface area contributed by atoms with Gasteiger partial charge in [0.2, 0.25) is 0 Å². The van der Waals surface area contributed by atoms with E-state index in [9.17, 15) is 10.2 Å². The molecule has 2 aromatic carbocycles. The SMILES string of the molecule is C1CO1.COc1cc2c(cc1OC)[C@H]1C[C@@H](O)[C@H](CC(C)C)CN1CC2.COc1cc2c(cc1OC)[C@H]1C[C@@H](OCCO)[C@H](CC(C)C)CN1CC2. The van der Waals surface area contributed by atoms with Crippen LogP contribution in [0.3, 0.4) is 0 Å². The van der Waals surface area contributed by atoms with E-state index < -0.39 is 0 Å². The average molecular weight is 727 g/mol. The highest BCUT2D eigenvalue weighted by Gasteiger charge is 2.41. The summed E-state index contributed by atoms with van der Waals surface area (Å²) in [6, 6.07) is 9.16. The molecule has 2 aromatic rings. The predicted molar refractivity (Wildman–Crippen MR) is 204 cm³/mol. The number of hydrogen-bond donors (Lipinski definition) is 2. The molecular formula is C42H66N2O8. The minimum Gasteiger partial charge on any atom is -0.493 e. The quantitative estimate of drug-likeness (QED) is 0.265. The number of hydrogen-bond acceptors (Lipinski definition) is 10. The first-order valence-corrected chi connectivity index (χ1v) is 19.6. The molecule has 52 heavy (non-hydrogen) atoms. The van der Waals surface area contributed by atoms with E-state index in [0.717, 1.165) is 101 Å². The van der Waals surface area contributed by atoms with Gasteiger partial charge in [0.25, 0.3) is 0 Å². The first-order valence-electron chi connectivity index (χ1n) is 19.6. The van der Waals surface area contributed by atoms with Gasteiger partial charge in [-0.3, -0.25) is 9.80 Å². The smallest absolute Gasteiger partial charge is 0.161 e. The predicted octanol–water partition coefficient (Wildman–Crippen LogP) is 6.09. The van der Waals surface area contributed by atoms with E-state index in [4.69, 9.17) is 23.7 Å². The molecule has 0 aromatic heterocycles. The Balaban J connectivity index is 0.000000187. The topological polar surface area (TPSA) is 106 Å². The zero-order valence-corrected chi connectivity index (χ0v) is 33.1. The van der Waals surface area contributed by atoms with Crippen LogP contribution in [0.1, 0.15) is 87.7 Å². The number of nitrogens with zero attached hydrogens (tertiary/aromatic N) is 2. The number of methoxy groups -OCH3 is 4. The summed E-state index contributed by atoms with van der Waals surface area (Å²) in [7, 11) is 6.74. The Morgan fingerprint density at radius 2 is 1.13 bits per heavy atom. The van der Waals surface area contributed by atoms with E-state index in [0.29, 0.717) is 42.4 Å². The fraction of sp³-hybridized carbons (Fsp3) is 0.714. The molecule has 0 radical (unpaired) electrons. The van der Waals surface area contributed by atoms with Crippen LogP contribution in [-0.2, 0) is 22.3 Å². The minimum atomic E-state index is -0.210. The van der Waals surface area contributed by atoms with Crippen LogP contribution in [0, 0.1) is 23.7 Å². The van der Waals surface area contributed by atoms with Gasteiger partial charge in [-0.2, -0.15) is 0 Å². The van der Waals surface area contributed by atoms with Crippen molar-refractivity contribution in [3.8, 4) is 23.0 Å². The van der Waals surface area contributed by atoms with Crippen LogP contribution >= 0.6 is 0 Å². The normalized spacial score (nSPS) is 26.4. The van der Waals surface area contributed by atoms with Crippen molar-refractivity contribution < 1.29 is 38.6 Å². The molecule has 0 unspecified atom stereocenters. The van der Waals surface area contributed by atoms with Gasteiger partial charge < -0.3 is 38.6 Å². The minimum absolute atomic E-state index is 0.0842. The van der Waals surface area contributed by atoms with Crippen molar-refractivity contribution in [1.29, 1.82) is 0 Å². The number of benzene rings is 2. The maximum absolute atomic E-state index is 10.6. The van der Waals surface area contributed by atoms with Crippen LogP contribution in [0.2, 0.25) is 0 Å². The Hall–Kier alpha value is -2.60. The maximum atomic E-state index is 10.6. The highest BCUT2D eigenvalue weighted by atomic mass is 16.6. The third-order valence-corrected chi connectivity index (χ3v) is 11.3. The lowest BCUT2D eigenvalue weighted by atomic mass is 9.79. The Kier molecular flexibility index (Phi) is 14.9. The first kappa shape index (κ1) is 40.6. The van der Waals surface area contributed by atoms with E-state index in [1.807, 2.05) is 0 Å². The van der Waals surface area contributed by atoms with E-state index in [1.54, 1.807) is 28.4 Å². The van der Waals surface area contributed by atoms with Gasteiger partial charge in [-0.05, 0) is 109 Å².